The highest BCUT2D eigenvalue weighted by Crippen LogP contribution is 2.61. The zero-order valence-electron chi connectivity index (χ0n) is 14.7. The topological polar surface area (TPSA) is 110 Å². The van der Waals surface area contributed by atoms with E-state index in [4.69, 9.17) is 9.98 Å². The summed E-state index contributed by atoms with van der Waals surface area (Å²) in [7, 11) is -2.64. The van der Waals surface area contributed by atoms with Gasteiger partial charge in [-0.1, -0.05) is 10.5 Å². The zero-order valence-corrected chi connectivity index (χ0v) is 15.5. The van der Waals surface area contributed by atoms with E-state index in [9.17, 15) is 18.3 Å². The van der Waals surface area contributed by atoms with Crippen molar-refractivity contribution in [2.45, 2.75) is 45.1 Å². The van der Waals surface area contributed by atoms with Gasteiger partial charge in [0.1, 0.15) is 5.60 Å². The van der Waals surface area contributed by atoms with Gasteiger partial charge in [-0.05, 0) is 62.3 Å². The van der Waals surface area contributed by atoms with Gasteiger partial charge in [0.25, 0.3) is 10.2 Å². The van der Waals surface area contributed by atoms with E-state index in [1.54, 1.807) is 6.92 Å². The van der Waals surface area contributed by atoms with Crippen LogP contribution < -0.4 is 5.14 Å². The molecule has 0 amide bonds. The zero-order chi connectivity index (χ0) is 18.6. The third-order valence-corrected chi connectivity index (χ3v) is 6.47. The molecule has 25 heavy (non-hydrogen) atoms. The van der Waals surface area contributed by atoms with E-state index in [2.05, 4.69) is 0 Å². The fraction of sp³-hybridized carbons (Fsp3) is 0.588. The summed E-state index contributed by atoms with van der Waals surface area (Å²) in [5.41, 5.74) is 1.65. The van der Waals surface area contributed by atoms with Crippen LogP contribution in [0.1, 0.15) is 39.5 Å². The number of nitrogens with two attached hydrogens (primary N) is 1. The Morgan fingerprint density at radius 1 is 1.36 bits per heavy atom. The Morgan fingerprint density at radius 2 is 2.00 bits per heavy atom. The minimum Gasteiger partial charge on any atom is -0.381 e. The van der Waals surface area contributed by atoms with Crippen LogP contribution in [0, 0.1) is 5.41 Å². The van der Waals surface area contributed by atoms with Crippen LogP contribution in [-0.2, 0) is 19.8 Å². The van der Waals surface area contributed by atoms with E-state index < -0.39 is 21.2 Å². The average Bonchev–Trinajstić information content (AvgIpc) is 3.22. The van der Waals surface area contributed by atoms with Crippen molar-refractivity contribution in [1.82, 2.24) is 4.47 Å². The predicted molar refractivity (Wildman–Crippen MR) is 92.2 cm³/mol. The van der Waals surface area contributed by atoms with Crippen molar-refractivity contribution < 1.29 is 23.2 Å². The Labute approximate surface area is 148 Å². The van der Waals surface area contributed by atoms with E-state index in [-0.39, 0.29) is 12.3 Å². The summed E-state index contributed by atoms with van der Waals surface area (Å²) >= 11 is 0. The van der Waals surface area contributed by atoms with Crippen molar-refractivity contribution in [2.24, 2.45) is 10.6 Å². The number of fused-ring (bicyclic) bond motifs is 1. The number of hydrogen-bond donors (Lipinski definition) is 2. The monoisotopic (exact) mass is 368 g/mol. The Morgan fingerprint density at radius 3 is 2.52 bits per heavy atom. The van der Waals surface area contributed by atoms with E-state index in [0.717, 1.165) is 34.0 Å². The molecule has 1 spiro atoms. The third kappa shape index (κ3) is 2.92. The maximum Gasteiger partial charge on any atom is 0.299 e. The van der Waals surface area contributed by atoms with Gasteiger partial charge in [-0.15, -0.1) is 0 Å². The molecule has 1 saturated carbocycles. The fourth-order valence-corrected chi connectivity index (χ4v) is 4.41. The second kappa shape index (κ2) is 5.85. The largest absolute Gasteiger partial charge is 0.381 e. The van der Waals surface area contributed by atoms with Crippen LogP contribution in [0.3, 0.4) is 0 Å². The Bertz CT molecular complexity index is 816. The number of nitrogens with zero attached hydrogens (tertiary/aromatic N) is 1. The van der Waals surface area contributed by atoms with Gasteiger partial charge in [0.15, 0.2) is 5.78 Å². The maximum atomic E-state index is 12.7. The van der Waals surface area contributed by atoms with E-state index in [1.807, 2.05) is 19.1 Å². The molecule has 3 rings (SSSR count). The average molecular weight is 368 g/mol. The number of hydrogen-bond acceptors (Lipinski definition) is 5. The molecular formula is C17H24N2O5S. The minimum atomic E-state index is -3.90. The summed E-state index contributed by atoms with van der Waals surface area (Å²) in [6.45, 7) is 3.66. The summed E-state index contributed by atoms with van der Waals surface area (Å²) < 4.78 is 23.5. The van der Waals surface area contributed by atoms with Gasteiger partial charge in [0, 0.05) is 17.5 Å². The normalized spacial score (nSPS) is 27.7. The van der Waals surface area contributed by atoms with Gasteiger partial charge < -0.3 is 5.11 Å². The van der Waals surface area contributed by atoms with E-state index in [1.165, 1.54) is 7.11 Å². The second-order valence-corrected chi connectivity index (χ2v) is 8.63. The first-order valence-corrected chi connectivity index (χ1v) is 9.80. The van der Waals surface area contributed by atoms with Crippen molar-refractivity contribution in [3.8, 4) is 0 Å². The highest BCUT2D eigenvalue weighted by atomic mass is 32.2. The van der Waals surface area contributed by atoms with Crippen LogP contribution in [0.25, 0.3) is 0 Å². The molecular weight excluding hydrogens is 344 g/mol. The van der Waals surface area contributed by atoms with Gasteiger partial charge >= 0.3 is 0 Å². The van der Waals surface area contributed by atoms with Gasteiger partial charge in [0.2, 0.25) is 0 Å². The quantitative estimate of drug-likeness (QED) is 0.683. The number of Topliss-reactive ketones (excluding diaryl/α,β-unsaturated/α-hetero) is 1. The van der Waals surface area contributed by atoms with Crippen molar-refractivity contribution in [3.63, 3.8) is 0 Å². The molecule has 3 aliphatic rings. The lowest BCUT2D eigenvalue weighted by atomic mass is 9.71. The molecule has 3 aliphatic carbocycles. The van der Waals surface area contributed by atoms with Crippen molar-refractivity contribution in [1.29, 1.82) is 0 Å². The molecule has 0 bridgehead atoms. The molecule has 138 valence electrons. The number of carbonyl (C=O) groups is 1. The molecule has 0 aromatic rings. The number of aliphatic hydroxyl groups is 1. The summed E-state index contributed by atoms with van der Waals surface area (Å²) in [5.74, 6) is -0.222. The second-order valence-electron chi connectivity index (χ2n) is 7.19. The number of rotatable bonds is 6. The SMILES string of the molecule is CON(CCCC1=C(C)C=C2C(=O)C(C)(O)C3(C=C21)CC3)S(N)(=O)=O. The molecule has 0 aromatic carbocycles. The van der Waals surface area contributed by atoms with E-state index >= 15 is 0 Å². The molecule has 8 heteroatoms. The van der Waals surface area contributed by atoms with Gasteiger partial charge in [-0.3, -0.25) is 9.63 Å². The van der Waals surface area contributed by atoms with Gasteiger partial charge in [0.05, 0.1) is 7.11 Å². The van der Waals surface area contributed by atoms with Crippen molar-refractivity contribution >= 4 is 16.0 Å². The smallest absolute Gasteiger partial charge is 0.299 e. The molecule has 0 saturated heterocycles. The van der Waals surface area contributed by atoms with Crippen LogP contribution in [-0.4, -0.2) is 43.0 Å². The summed E-state index contributed by atoms with van der Waals surface area (Å²) in [6.07, 6.45) is 6.57. The first kappa shape index (κ1) is 18.5. The highest BCUT2D eigenvalue weighted by Gasteiger charge is 2.62. The lowest BCUT2D eigenvalue weighted by molar-refractivity contribution is -0.137. The molecule has 0 aromatic heterocycles. The summed E-state index contributed by atoms with van der Waals surface area (Å²) in [6, 6.07) is 0. The number of ketones is 1. The maximum absolute atomic E-state index is 12.7. The fourth-order valence-electron chi connectivity index (χ4n) is 3.82. The molecule has 0 radical (unpaired) electrons. The molecule has 1 unspecified atom stereocenters. The number of carbonyl (C=O) groups excluding carboxylic acids is 1. The lowest BCUT2D eigenvalue weighted by Gasteiger charge is -2.35. The van der Waals surface area contributed by atoms with Crippen LogP contribution in [0.4, 0.5) is 0 Å². The first-order valence-electron chi connectivity index (χ1n) is 8.30. The lowest BCUT2D eigenvalue weighted by Crippen LogP contribution is -2.47. The number of allylic oxidation sites excluding steroid dienone is 4. The van der Waals surface area contributed by atoms with Crippen molar-refractivity contribution in [3.05, 3.63) is 34.4 Å². The molecule has 0 heterocycles. The Balaban J connectivity index is 1.78. The number of hydroxylamine groups is 1. The summed E-state index contributed by atoms with van der Waals surface area (Å²) in [5, 5.41) is 15.7. The molecule has 1 fully saturated rings. The minimum absolute atomic E-state index is 0.130. The Hall–Kier alpha value is -1.32. The standard InChI is InChI=1S/C17H24N2O5S/c1-11-9-13-14(10-17(6-7-17)16(2,21)15(13)20)12(11)5-4-8-19(24-3)25(18,22)23/h9-10,21H,4-8H2,1-3H3,(H2,18,22,23). The molecule has 1 atom stereocenters. The predicted octanol–water partition coefficient (Wildman–Crippen LogP) is 1.13. The Kier molecular flexibility index (Phi) is 4.32. The first-order chi connectivity index (χ1) is 11.5. The molecule has 0 aliphatic heterocycles. The summed E-state index contributed by atoms with van der Waals surface area (Å²) in [4.78, 5) is 17.5. The van der Waals surface area contributed by atoms with E-state index in [0.29, 0.717) is 18.4 Å². The third-order valence-electron chi connectivity index (χ3n) is 5.57. The molecule has 3 N–H and O–H groups in total. The van der Waals surface area contributed by atoms with Crippen LogP contribution >= 0.6 is 0 Å². The van der Waals surface area contributed by atoms with Crippen LogP contribution in [0.2, 0.25) is 0 Å². The van der Waals surface area contributed by atoms with Gasteiger partial charge in [-0.25, -0.2) is 5.14 Å². The highest BCUT2D eigenvalue weighted by molar-refractivity contribution is 7.86. The molecule has 7 nitrogen and oxygen atoms in total. The van der Waals surface area contributed by atoms with Crippen LogP contribution in [0.5, 0.6) is 0 Å². The van der Waals surface area contributed by atoms with Crippen LogP contribution in [0.15, 0.2) is 34.4 Å². The van der Waals surface area contributed by atoms with Crippen molar-refractivity contribution in [2.75, 3.05) is 13.7 Å². The van der Waals surface area contributed by atoms with Gasteiger partial charge in [-0.2, -0.15) is 8.42 Å².